The SMILES string of the molecule is CCCC(COC)Nc1nnc(Br)s1. The highest BCUT2D eigenvalue weighted by Gasteiger charge is 2.09. The van der Waals surface area contributed by atoms with E-state index < -0.39 is 0 Å². The van der Waals surface area contributed by atoms with E-state index in [1.807, 2.05) is 0 Å². The number of methoxy groups -OCH3 is 1. The number of halogens is 1. The standard InChI is InChI=1S/C8H14BrN3OS/c1-3-4-6(5-13-2)10-8-12-11-7(9)14-8/h6H,3-5H2,1-2H3,(H,10,12). The fourth-order valence-electron chi connectivity index (χ4n) is 1.19. The van der Waals surface area contributed by atoms with Crippen LogP contribution in [0.25, 0.3) is 0 Å². The molecule has 0 bridgehead atoms. The maximum Gasteiger partial charge on any atom is 0.206 e. The van der Waals surface area contributed by atoms with Gasteiger partial charge in [-0.3, -0.25) is 0 Å². The summed E-state index contributed by atoms with van der Waals surface area (Å²) in [6, 6.07) is 0.324. The molecule has 0 saturated carbocycles. The third-order valence-electron chi connectivity index (χ3n) is 1.73. The van der Waals surface area contributed by atoms with Crippen LogP contribution in [0.5, 0.6) is 0 Å². The van der Waals surface area contributed by atoms with Crippen LogP contribution in [0, 0.1) is 0 Å². The summed E-state index contributed by atoms with van der Waals surface area (Å²) in [5.41, 5.74) is 0. The monoisotopic (exact) mass is 279 g/mol. The van der Waals surface area contributed by atoms with Crippen molar-refractivity contribution in [3.8, 4) is 0 Å². The Bertz CT molecular complexity index is 263. The zero-order valence-electron chi connectivity index (χ0n) is 8.29. The summed E-state index contributed by atoms with van der Waals surface area (Å²) in [4.78, 5) is 0. The Labute approximate surface area is 96.2 Å². The van der Waals surface area contributed by atoms with E-state index in [0.29, 0.717) is 12.6 Å². The molecule has 14 heavy (non-hydrogen) atoms. The second-order valence-corrected chi connectivity index (χ2v) is 5.20. The molecule has 1 heterocycles. The molecule has 1 aromatic rings. The second-order valence-electron chi connectivity index (χ2n) is 2.95. The highest BCUT2D eigenvalue weighted by Crippen LogP contribution is 2.21. The summed E-state index contributed by atoms with van der Waals surface area (Å²) < 4.78 is 5.92. The van der Waals surface area contributed by atoms with Crippen molar-refractivity contribution in [1.29, 1.82) is 0 Å². The van der Waals surface area contributed by atoms with E-state index in [-0.39, 0.29) is 0 Å². The van der Waals surface area contributed by atoms with Crippen LogP contribution in [0.1, 0.15) is 19.8 Å². The molecule has 1 atom stereocenters. The van der Waals surface area contributed by atoms with Crippen LogP contribution in [0.2, 0.25) is 0 Å². The van der Waals surface area contributed by atoms with E-state index in [0.717, 1.165) is 21.9 Å². The molecule has 0 amide bonds. The van der Waals surface area contributed by atoms with Crippen LogP contribution in [0.4, 0.5) is 5.13 Å². The first-order valence-electron chi connectivity index (χ1n) is 4.50. The lowest BCUT2D eigenvalue weighted by atomic mass is 10.2. The van der Waals surface area contributed by atoms with Gasteiger partial charge in [0.1, 0.15) is 0 Å². The van der Waals surface area contributed by atoms with Crippen molar-refractivity contribution in [3.63, 3.8) is 0 Å². The average Bonchev–Trinajstić information content (AvgIpc) is 2.52. The Morgan fingerprint density at radius 1 is 1.57 bits per heavy atom. The van der Waals surface area contributed by atoms with Gasteiger partial charge in [0.05, 0.1) is 12.6 Å². The van der Waals surface area contributed by atoms with Gasteiger partial charge in [0.25, 0.3) is 0 Å². The molecule has 1 N–H and O–H groups in total. The summed E-state index contributed by atoms with van der Waals surface area (Å²) >= 11 is 4.77. The molecule has 0 aliphatic heterocycles. The first-order chi connectivity index (χ1) is 6.76. The highest BCUT2D eigenvalue weighted by molar-refractivity contribution is 9.11. The molecule has 0 spiro atoms. The van der Waals surface area contributed by atoms with Gasteiger partial charge in [-0.25, -0.2) is 0 Å². The molecular weight excluding hydrogens is 266 g/mol. The number of rotatable bonds is 6. The van der Waals surface area contributed by atoms with Crippen LogP contribution in [-0.2, 0) is 4.74 Å². The molecule has 0 aromatic carbocycles. The molecule has 1 unspecified atom stereocenters. The van der Waals surface area contributed by atoms with Gasteiger partial charge in [-0.15, -0.1) is 10.2 Å². The highest BCUT2D eigenvalue weighted by atomic mass is 79.9. The third kappa shape index (κ3) is 3.89. The van der Waals surface area contributed by atoms with Gasteiger partial charge in [0.2, 0.25) is 5.13 Å². The Balaban J connectivity index is 2.46. The topological polar surface area (TPSA) is 47.0 Å². The Morgan fingerprint density at radius 2 is 2.36 bits per heavy atom. The van der Waals surface area contributed by atoms with Gasteiger partial charge in [-0.1, -0.05) is 24.7 Å². The first kappa shape index (κ1) is 11.9. The minimum Gasteiger partial charge on any atom is -0.383 e. The molecule has 1 aromatic heterocycles. The van der Waals surface area contributed by atoms with Crippen molar-refractivity contribution < 1.29 is 4.74 Å². The van der Waals surface area contributed by atoms with Gasteiger partial charge < -0.3 is 10.1 Å². The van der Waals surface area contributed by atoms with Crippen molar-refractivity contribution in [3.05, 3.63) is 3.92 Å². The predicted octanol–water partition coefficient (Wildman–Crippen LogP) is 2.53. The number of hydrogen-bond acceptors (Lipinski definition) is 5. The van der Waals surface area contributed by atoms with Gasteiger partial charge in [-0.05, 0) is 22.4 Å². The molecule has 0 aliphatic rings. The van der Waals surface area contributed by atoms with Crippen LogP contribution in [0.3, 0.4) is 0 Å². The van der Waals surface area contributed by atoms with E-state index >= 15 is 0 Å². The van der Waals surface area contributed by atoms with E-state index in [9.17, 15) is 0 Å². The quantitative estimate of drug-likeness (QED) is 0.869. The van der Waals surface area contributed by atoms with Crippen molar-refractivity contribution >= 4 is 32.4 Å². The molecule has 4 nitrogen and oxygen atoms in total. The molecule has 1 rings (SSSR count). The first-order valence-corrected chi connectivity index (χ1v) is 6.11. The lowest BCUT2D eigenvalue weighted by Crippen LogP contribution is -2.24. The summed E-state index contributed by atoms with van der Waals surface area (Å²) in [6.07, 6.45) is 2.20. The van der Waals surface area contributed by atoms with Crippen LogP contribution < -0.4 is 5.32 Å². The van der Waals surface area contributed by atoms with Crippen LogP contribution in [-0.4, -0.2) is 30.0 Å². The lowest BCUT2D eigenvalue weighted by molar-refractivity contribution is 0.182. The fourth-order valence-corrected chi connectivity index (χ4v) is 2.27. The molecule has 0 radical (unpaired) electrons. The van der Waals surface area contributed by atoms with Crippen molar-refractivity contribution in [2.45, 2.75) is 25.8 Å². The number of aromatic nitrogens is 2. The zero-order valence-corrected chi connectivity index (χ0v) is 10.7. The molecule has 0 fully saturated rings. The summed E-state index contributed by atoms with van der Waals surface area (Å²) in [5.74, 6) is 0. The Morgan fingerprint density at radius 3 is 2.86 bits per heavy atom. The normalized spacial score (nSPS) is 12.8. The summed E-state index contributed by atoms with van der Waals surface area (Å²) in [5, 5.41) is 12.0. The Hall–Kier alpha value is -0.200. The van der Waals surface area contributed by atoms with E-state index in [1.54, 1.807) is 7.11 Å². The molecule has 0 saturated heterocycles. The predicted molar refractivity (Wildman–Crippen MR) is 61.8 cm³/mol. The molecule has 6 heteroatoms. The van der Waals surface area contributed by atoms with E-state index in [1.165, 1.54) is 11.3 Å². The summed E-state index contributed by atoms with van der Waals surface area (Å²) in [6.45, 7) is 2.85. The molecule has 80 valence electrons. The number of anilines is 1. The van der Waals surface area contributed by atoms with Crippen LogP contribution in [0.15, 0.2) is 3.92 Å². The van der Waals surface area contributed by atoms with Crippen molar-refractivity contribution in [2.24, 2.45) is 0 Å². The van der Waals surface area contributed by atoms with Crippen molar-refractivity contribution in [2.75, 3.05) is 19.0 Å². The lowest BCUT2D eigenvalue weighted by Gasteiger charge is -2.15. The largest absolute Gasteiger partial charge is 0.383 e. The van der Waals surface area contributed by atoms with Gasteiger partial charge in [-0.2, -0.15) is 0 Å². The van der Waals surface area contributed by atoms with Gasteiger partial charge >= 0.3 is 0 Å². The minimum absolute atomic E-state index is 0.324. The number of nitrogens with one attached hydrogen (secondary N) is 1. The Kier molecular flexibility index (Phi) is 5.36. The number of nitrogens with zero attached hydrogens (tertiary/aromatic N) is 2. The van der Waals surface area contributed by atoms with Gasteiger partial charge in [0, 0.05) is 7.11 Å². The zero-order chi connectivity index (χ0) is 10.4. The van der Waals surface area contributed by atoms with E-state index in [2.05, 4.69) is 38.4 Å². The van der Waals surface area contributed by atoms with E-state index in [4.69, 9.17) is 4.74 Å². The smallest absolute Gasteiger partial charge is 0.206 e. The fraction of sp³-hybridized carbons (Fsp3) is 0.750. The number of ether oxygens (including phenoxy) is 1. The minimum atomic E-state index is 0.324. The molecule has 0 aliphatic carbocycles. The van der Waals surface area contributed by atoms with Crippen LogP contribution >= 0.6 is 27.3 Å². The third-order valence-corrected chi connectivity index (χ3v) is 3.02. The maximum atomic E-state index is 5.12. The second kappa shape index (κ2) is 6.31. The number of hydrogen-bond donors (Lipinski definition) is 1. The summed E-state index contributed by atoms with van der Waals surface area (Å²) in [7, 11) is 1.71. The van der Waals surface area contributed by atoms with Gasteiger partial charge in [0.15, 0.2) is 3.92 Å². The molecular formula is C8H14BrN3OS. The maximum absolute atomic E-state index is 5.12. The average molecular weight is 280 g/mol. The van der Waals surface area contributed by atoms with Crippen molar-refractivity contribution in [1.82, 2.24) is 10.2 Å².